The highest BCUT2D eigenvalue weighted by atomic mass is 16.1. The Bertz CT molecular complexity index is 1040. The zero-order valence-electron chi connectivity index (χ0n) is 18.7. The van der Waals surface area contributed by atoms with Gasteiger partial charge in [-0.2, -0.15) is 0 Å². The van der Waals surface area contributed by atoms with Crippen LogP contribution in [0.4, 0.5) is 0 Å². The number of amides is 1. The molecular formula is C29H32N2O. The molecule has 1 fully saturated rings. The molecule has 1 amide bonds. The normalized spacial score (nSPS) is 19.9. The Hall–Kier alpha value is -2.91. The van der Waals surface area contributed by atoms with Crippen molar-refractivity contribution in [3.05, 3.63) is 95.6 Å². The summed E-state index contributed by atoms with van der Waals surface area (Å²) < 4.78 is 0. The number of carbonyl (C=O) groups excluding carboxylic acids is 1. The zero-order valence-corrected chi connectivity index (χ0v) is 18.7. The summed E-state index contributed by atoms with van der Waals surface area (Å²) >= 11 is 0. The van der Waals surface area contributed by atoms with E-state index in [4.69, 9.17) is 0 Å². The summed E-state index contributed by atoms with van der Waals surface area (Å²) in [6, 6.07) is 27.9. The number of nitrogens with one attached hydrogen (secondary N) is 1. The number of aryl methyl sites for hydroxylation is 1. The molecule has 1 aliphatic carbocycles. The molecule has 3 aromatic carbocycles. The maximum Gasteiger partial charge on any atom is 0.251 e. The molecule has 0 unspecified atom stereocenters. The van der Waals surface area contributed by atoms with Gasteiger partial charge in [0.1, 0.15) is 0 Å². The van der Waals surface area contributed by atoms with E-state index in [9.17, 15) is 4.79 Å². The van der Waals surface area contributed by atoms with Gasteiger partial charge in [-0.1, -0.05) is 66.7 Å². The summed E-state index contributed by atoms with van der Waals surface area (Å²) in [5.41, 5.74) is 6.20. The number of benzene rings is 3. The van der Waals surface area contributed by atoms with E-state index in [2.05, 4.69) is 46.6 Å². The maximum atomic E-state index is 12.5. The highest BCUT2D eigenvalue weighted by molar-refractivity contribution is 5.94. The van der Waals surface area contributed by atoms with Crippen LogP contribution in [-0.4, -0.2) is 36.5 Å². The van der Waals surface area contributed by atoms with Gasteiger partial charge in [-0.25, -0.2) is 0 Å². The number of hydrogen-bond acceptors (Lipinski definition) is 2. The largest absolute Gasteiger partial charge is 0.352 e. The molecule has 1 heterocycles. The van der Waals surface area contributed by atoms with Gasteiger partial charge in [0, 0.05) is 24.1 Å². The van der Waals surface area contributed by atoms with Gasteiger partial charge in [0.05, 0.1) is 0 Å². The Balaban J connectivity index is 1.06. The van der Waals surface area contributed by atoms with Crippen LogP contribution < -0.4 is 5.32 Å². The van der Waals surface area contributed by atoms with Crippen molar-refractivity contribution in [2.75, 3.05) is 19.6 Å². The molecule has 1 aliphatic heterocycles. The third-order valence-electron chi connectivity index (χ3n) is 7.24. The van der Waals surface area contributed by atoms with E-state index in [0.29, 0.717) is 6.04 Å². The van der Waals surface area contributed by atoms with Gasteiger partial charge in [0.25, 0.3) is 5.91 Å². The number of fused-ring (bicyclic) bond motifs is 3. The number of rotatable bonds is 7. The van der Waals surface area contributed by atoms with E-state index in [1.807, 2.05) is 42.5 Å². The molecule has 32 heavy (non-hydrogen) atoms. The summed E-state index contributed by atoms with van der Waals surface area (Å²) in [6.45, 7) is 3.10. The van der Waals surface area contributed by atoms with Crippen LogP contribution in [0.25, 0.3) is 11.1 Å². The molecule has 3 aromatic rings. The van der Waals surface area contributed by atoms with Crippen LogP contribution >= 0.6 is 0 Å². The molecule has 2 aliphatic rings. The van der Waals surface area contributed by atoms with E-state index in [0.717, 1.165) is 43.0 Å². The Morgan fingerprint density at radius 1 is 0.844 bits per heavy atom. The minimum absolute atomic E-state index is 0.0229. The molecule has 0 saturated carbocycles. The molecule has 3 nitrogen and oxygen atoms in total. The molecule has 0 radical (unpaired) electrons. The summed E-state index contributed by atoms with van der Waals surface area (Å²) in [5.74, 6) is 0.744. The van der Waals surface area contributed by atoms with Gasteiger partial charge in [0.15, 0.2) is 0 Å². The monoisotopic (exact) mass is 424 g/mol. The summed E-state index contributed by atoms with van der Waals surface area (Å²) in [7, 11) is 0. The van der Waals surface area contributed by atoms with Gasteiger partial charge in [0.2, 0.25) is 0 Å². The van der Waals surface area contributed by atoms with Crippen molar-refractivity contribution in [3.63, 3.8) is 0 Å². The second-order valence-electron chi connectivity index (χ2n) is 9.14. The van der Waals surface area contributed by atoms with Crippen molar-refractivity contribution >= 4 is 5.91 Å². The maximum absolute atomic E-state index is 12.5. The van der Waals surface area contributed by atoms with E-state index < -0.39 is 0 Å². The van der Waals surface area contributed by atoms with Crippen molar-refractivity contribution in [1.82, 2.24) is 10.2 Å². The van der Waals surface area contributed by atoms with Crippen LogP contribution in [0.2, 0.25) is 0 Å². The minimum Gasteiger partial charge on any atom is -0.352 e. The Morgan fingerprint density at radius 3 is 2.44 bits per heavy atom. The smallest absolute Gasteiger partial charge is 0.251 e. The van der Waals surface area contributed by atoms with Crippen molar-refractivity contribution in [3.8, 4) is 11.1 Å². The lowest BCUT2D eigenvalue weighted by Gasteiger charge is -2.33. The predicted molar refractivity (Wildman–Crippen MR) is 131 cm³/mol. The fourth-order valence-electron chi connectivity index (χ4n) is 5.56. The molecule has 164 valence electrons. The third kappa shape index (κ3) is 4.49. The molecule has 0 bridgehead atoms. The average molecular weight is 425 g/mol. The zero-order chi connectivity index (χ0) is 21.8. The number of likely N-dealkylation sites (tertiary alicyclic amines) is 1. The second kappa shape index (κ2) is 9.70. The molecule has 1 N–H and O–H groups in total. The van der Waals surface area contributed by atoms with Crippen molar-refractivity contribution < 1.29 is 4.79 Å². The average Bonchev–Trinajstić information content (AvgIpc) is 3.28. The lowest BCUT2D eigenvalue weighted by molar-refractivity contribution is 0.0952. The molecule has 2 atom stereocenters. The predicted octanol–water partition coefficient (Wildman–Crippen LogP) is 5.67. The van der Waals surface area contributed by atoms with Crippen molar-refractivity contribution in [1.29, 1.82) is 0 Å². The molecule has 0 spiro atoms. The molecule has 0 aromatic heterocycles. The van der Waals surface area contributed by atoms with Gasteiger partial charge in [-0.15, -0.1) is 0 Å². The Labute approximate surface area is 191 Å². The third-order valence-corrected chi connectivity index (χ3v) is 7.24. The SMILES string of the molecule is O=C(NCCCCN1CC[C@@H]2c3ccccc3CC[C@H]21)c1ccc(-c2ccccc2)cc1. The fourth-order valence-corrected chi connectivity index (χ4v) is 5.56. The lowest BCUT2D eigenvalue weighted by atomic mass is 9.79. The van der Waals surface area contributed by atoms with Gasteiger partial charge in [-0.3, -0.25) is 9.69 Å². The number of nitrogens with zero attached hydrogens (tertiary/aromatic N) is 1. The second-order valence-corrected chi connectivity index (χ2v) is 9.14. The highest BCUT2D eigenvalue weighted by Crippen LogP contribution is 2.41. The standard InChI is InChI=1S/C29H32N2O/c32-29(25-14-12-23(13-15-25)22-8-2-1-3-9-22)30-19-6-7-20-31-21-18-27-26-11-5-4-10-24(26)16-17-28(27)31/h1-5,8-15,27-28H,6-7,16-21H2,(H,30,32)/t27-,28-/m1/s1. The van der Waals surface area contributed by atoms with Crippen molar-refractivity contribution in [2.24, 2.45) is 0 Å². The summed E-state index contributed by atoms with van der Waals surface area (Å²) in [6.07, 6.45) is 5.96. The highest BCUT2D eigenvalue weighted by Gasteiger charge is 2.37. The molecule has 3 heteroatoms. The Morgan fingerprint density at radius 2 is 1.59 bits per heavy atom. The van der Waals surface area contributed by atoms with Gasteiger partial charge < -0.3 is 5.32 Å². The molecular weight excluding hydrogens is 392 g/mol. The Kier molecular flexibility index (Phi) is 6.36. The summed E-state index contributed by atoms with van der Waals surface area (Å²) in [4.78, 5) is 15.2. The van der Waals surface area contributed by atoms with Crippen LogP contribution in [0.15, 0.2) is 78.9 Å². The van der Waals surface area contributed by atoms with E-state index >= 15 is 0 Å². The molecule has 5 rings (SSSR count). The fraction of sp³-hybridized carbons (Fsp3) is 0.345. The number of carbonyl (C=O) groups is 1. The van der Waals surface area contributed by atoms with Crippen LogP contribution in [0, 0.1) is 0 Å². The first-order chi connectivity index (χ1) is 15.8. The minimum atomic E-state index is 0.0229. The van der Waals surface area contributed by atoms with Gasteiger partial charge >= 0.3 is 0 Å². The first-order valence-corrected chi connectivity index (χ1v) is 12.0. The quantitative estimate of drug-likeness (QED) is 0.496. The van der Waals surface area contributed by atoms with Gasteiger partial charge in [-0.05, 0) is 79.6 Å². The van der Waals surface area contributed by atoms with Crippen LogP contribution in [0.1, 0.15) is 53.1 Å². The van der Waals surface area contributed by atoms with Crippen LogP contribution in [0.5, 0.6) is 0 Å². The number of unbranched alkanes of at least 4 members (excludes halogenated alkanes) is 1. The first-order valence-electron chi connectivity index (χ1n) is 12.0. The van der Waals surface area contributed by atoms with E-state index in [1.165, 1.54) is 31.4 Å². The van der Waals surface area contributed by atoms with Crippen LogP contribution in [-0.2, 0) is 6.42 Å². The van der Waals surface area contributed by atoms with E-state index in [1.54, 1.807) is 11.1 Å². The summed E-state index contributed by atoms with van der Waals surface area (Å²) in [5, 5.41) is 3.10. The van der Waals surface area contributed by atoms with E-state index in [-0.39, 0.29) is 5.91 Å². The number of hydrogen-bond donors (Lipinski definition) is 1. The topological polar surface area (TPSA) is 32.3 Å². The van der Waals surface area contributed by atoms with Crippen molar-refractivity contribution in [2.45, 2.75) is 44.1 Å². The molecule has 1 saturated heterocycles. The first kappa shape index (κ1) is 21.0. The lowest BCUT2D eigenvalue weighted by Crippen LogP contribution is -2.36. The van der Waals surface area contributed by atoms with Crippen LogP contribution in [0.3, 0.4) is 0 Å².